The van der Waals surface area contributed by atoms with Crippen LogP contribution in [0.2, 0.25) is 4.34 Å². The Bertz CT molecular complexity index is 767. The number of halogens is 1. The molecular weight excluding hydrogens is 324 g/mol. The van der Waals surface area contributed by atoms with Crippen molar-refractivity contribution < 1.29 is 4.79 Å². The molecule has 1 N–H and O–H groups in total. The fourth-order valence-corrected chi connectivity index (χ4v) is 3.41. The quantitative estimate of drug-likeness (QED) is 0.666. The zero-order valence-corrected chi connectivity index (χ0v) is 13.5. The number of nitrogens with zero attached hydrogens (tertiary/aromatic N) is 1. The van der Waals surface area contributed by atoms with E-state index in [-0.39, 0.29) is 5.91 Å². The molecule has 2 heterocycles. The molecule has 2 aromatic rings. The first-order chi connectivity index (χ1) is 10.1. The van der Waals surface area contributed by atoms with Crippen molar-refractivity contribution in [2.45, 2.75) is 6.92 Å². The van der Waals surface area contributed by atoms with E-state index in [0.717, 1.165) is 16.1 Å². The third-order valence-electron chi connectivity index (χ3n) is 3.12. The van der Waals surface area contributed by atoms with E-state index in [9.17, 15) is 4.79 Å². The Morgan fingerprint density at radius 1 is 1.29 bits per heavy atom. The van der Waals surface area contributed by atoms with Crippen molar-refractivity contribution in [1.29, 1.82) is 0 Å². The predicted molar refractivity (Wildman–Crippen MR) is 91.7 cm³/mol. The van der Waals surface area contributed by atoms with Crippen molar-refractivity contribution in [1.82, 2.24) is 5.32 Å². The van der Waals surface area contributed by atoms with Gasteiger partial charge in [-0.15, -0.1) is 11.3 Å². The van der Waals surface area contributed by atoms with Crippen molar-refractivity contribution in [2.75, 3.05) is 4.90 Å². The van der Waals surface area contributed by atoms with Crippen LogP contribution in [0, 0.1) is 6.92 Å². The van der Waals surface area contributed by atoms with Crippen LogP contribution in [0.25, 0.3) is 6.08 Å². The molecule has 1 amide bonds. The number of benzene rings is 1. The highest BCUT2D eigenvalue weighted by molar-refractivity contribution is 7.80. The zero-order valence-electron chi connectivity index (χ0n) is 11.1. The molecule has 1 saturated heterocycles. The summed E-state index contributed by atoms with van der Waals surface area (Å²) in [5.41, 5.74) is 2.25. The Morgan fingerprint density at radius 2 is 2.05 bits per heavy atom. The lowest BCUT2D eigenvalue weighted by Crippen LogP contribution is -2.30. The summed E-state index contributed by atoms with van der Waals surface area (Å²) >= 11 is 12.6. The van der Waals surface area contributed by atoms with Crippen LogP contribution in [0.5, 0.6) is 0 Å². The zero-order chi connectivity index (χ0) is 15.0. The van der Waals surface area contributed by atoms with E-state index < -0.39 is 0 Å². The number of thiocarbonyl (C=S) groups is 1. The van der Waals surface area contributed by atoms with Crippen molar-refractivity contribution in [3.63, 3.8) is 0 Å². The van der Waals surface area contributed by atoms with Gasteiger partial charge in [-0.05, 0) is 49.0 Å². The number of anilines is 1. The molecule has 3 nitrogen and oxygen atoms in total. The summed E-state index contributed by atoms with van der Waals surface area (Å²) in [7, 11) is 0. The summed E-state index contributed by atoms with van der Waals surface area (Å²) in [5.74, 6) is -0.154. The standard InChI is InChI=1S/C15H11ClN2OS2/c1-9-4-2-3-5-12(9)18-14(19)11(17-15(18)20)8-10-6-7-13(16)21-10/h2-8H,1H3,(H,17,20)/b11-8+. The lowest BCUT2D eigenvalue weighted by Gasteiger charge is -2.16. The van der Waals surface area contributed by atoms with E-state index in [2.05, 4.69) is 5.32 Å². The average molecular weight is 335 g/mol. The maximum absolute atomic E-state index is 12.6. The van der Waals surface area contributed by atoms with E-state index in [1.807, 2.05) is 37.3 Å². The number of hydrogen-bond donors (Lipinski definition) is 1. The highest BCUT2D eigenvalue weighted by Gasteiger charge is 2.32. The summed E-state index contributed by atoms with van der Waals surface area (Å²) in [6, 6.07) is 11.3. The fourth-order valence-electron chi connectivity index (χ4n) is 2.12. The summed E-state index contributed by atoms with van der Waals surface area (Å²) < 4.78 is 0.686. The highest BCUT2D eigenvalue weighted by atomic mass is 35.5. The van der Waals surface area contributed by atoms with Crippen LogP contribution in [-0.4, -0.2) is 11.0 Å². The van der Waals surface area contributed by atoms with Crippen LogP contribution in [-0.2, 0) is 4.79 Å². The number of thiophene rings is 1. The van der Waals surface area contributed by atoms with Gasteiger partial charge in [0.2, 0.25) is 0 Å². The van der Waals surface area contributed by atoms with Gasteiger partial charge in [0.1, 0.15) is 5.70 Å². The van der Waals surface area contributed by atoms with Gasteiger partial charge < -0.3 is 5.32 Å². The summed E-state index contributed by atoms with van der Waals surface area (Å²) in [6.45, 7) is 1.95. The molecule has 0 bridgehead atoms. The number of para-hydroxylation sites is 1. The minimum Gasteiger partial charge on any atom is -0.327 e. The Labute approximate surface area is 136 Å². The van der Waals surface area contributed by atoms with Crippen LogP contribution in [0.15, 0.2) is 42.1 Å². The number of aryl methyl sites for hydroxylation is 1. The second kappa shape index (κ2) is 5.60. The number of carbonyl (C=O) groups is 1. The topological polar surface area (TPSA) is 32.3 Å². The lowest BCUT2D eigenvalue weighted by molar-refractivity contribution is -0.113. The van der Waals surface area contributed by atoms with Crippen molar-refractivity contribution in [3.05, 3.63) is 56.9 Å². The number of hydrogen-bond acceptors (Lipinski definition) is 3. The van der Waals surface area contributed by atoms with E-state index in [4.69, 9.17) is 23.8 Å². The van der Waals surface area contributed by atoms with Gasteiger partial charge in [0, 0.05) is 4.88 Å². The van der Waals surface area contributed by atoms with E-state index >= 15 is 0 Å². The van der Waals surface area contributed by atoms with Gasteiger partial charge in [-0.2, -0.15) is 0 Å². The molecule has 6 heteroatoms. The van der Waals surface area contributed by atoms with Crippen molar-refractivity contribution in [3.8, 4) is 0 Å². The molecule has 106 valence electrons. The minimum absolute atomic E-state index is 0.154. The average Bonchev–Trinajstić information content (AvgIpc) is 2.96. The van der Waals surface area contributed by atoms with Crippen LogP contribution < -0.4 is 10.2 Å². The third kappa shape index (κ3) is 2.72. The second-order valence-corrected chi connectivity index (χ2v) is 6.69. The van der Waals surface area contributed by atoms with Gasteiger partial charge in [0.25, 0.3) is 5.91 Å². The number of nitrogens with one attached hydrogen (secondary N) is 1. The molecule has 21 heavy (non-hydrogen) atoms. The first-order valence-corrected chi connectivity index (χ1v) is 7.84. The highest BCUT2D eigenvalue weighted by Crippen LogP contribution is 2.28. The smallest absolute Gasteiger partial charge is 0.281 e. The van der Waals surface area contributed by atoms with Gasteiger partial charge >= 0.3 is 0 Å². The van der Waals surface area contributed by atoms with Crippen LogP contribution in [0.1, 0.15) is 10.4 Å². The van der Waals surface area contributed by atoms with E-state index in [1.54, 1.807) is 12.1 Å². The molecule has 1 aromatic heterocycles. The van der Waals surface area contributed by atoms with Crippen LogP contribution in [0.4, 0.5) is 5.69 Å². The number of carbonyl (C=O) groups excluding carboxylic acids is 1. The first-order valence-electron chi connectivity index (χ1n) is 6.24. The molecule has 0 radical (unpaired) electrons. The van der Waals surface area contributed by atoms with Gasteiger partial charge in [0.15, 0.2) is 5.11 Å². The number of amides is 1. The van der Waals surface area contributed by atoms with Crippen molar-refractivity contribution >= 4 is 57.9 Å². The summed E-state index contributed by atoms with van der Waals surface area (Å²) in [5, 5.41) is 3.36. The third-order valence-corrected chi connectivity index (χ3v) is 4.58. The maximum atomic E-state index is 12.6. The Morgan fingerprint density at radius 3 is 2.71 bits per heavy atom. The first kappa shape index (κ1) is 14.3. The molecule has 1 fully saturated rings. The van der Waals surface area contributed by atoms with E-state index in [0.29, 0.717) is 15.1 Å². The molecule has 0 aliphatic carbocycles. The monoisotopic (exact) mass is 334 g/mol. The molecule has 3 rings (SSSR count). The molecule has 1 aliphatic heterocycles. The normalized spacial score (nSPS) is 16.7. The summed E-state index contributed by atoms with van der Waals surface area (Å²) in [6.07, 6.45) is 1.77. The summed E-state index contributed by atoms with van der Waals surface area (Å²) in [4.78, 5) is 15.0. The van der Waals surface area contributed by atoms with Gasteiger partial charge in [-0.3, -0.25) is 9.69 Å². The fraction of sp³-hybridized carbons (Fsp3) is 0.0667. The van der Waals surface area contributed by atoms with Gasteiger partial charge in [0.05, 0.1) is 10.0 Å². The lowest BCUT2D eigenvalue weighted by atomic mass is 10.2. The Balaban J connectivity index is 1.96. The van der Waals surface area contributed by atoms with Gasteiger partial charge in [-0.25, -0.2) is 0 Å². The number of rotatable bonds is 2. The minimum atomic E-state index is -0.154. The molecule has 0 atom stereocenters. The Hall–Kier alpha value is -1.69. The molecular formula is C15H11ClN2OS2. The molecule has 0 unspecified atom stereocenters. The molecule has 1 aliphatic rings. The van der Waals surface area contributed by atoms with Crippen LogP contribution in [0.3, 0.4) is 0 Å². The SMILES string of the molecule is Cc1ccccc1N1C(=O)/C(=C\c2ccc(Cl)s2)NC1=S. The second-order valence-electron chi connectivity index (χ2n) is 4.56. The van der Waals surface area contributed by atoms with E-state index in [1.165, 1.54) is 16.2 Å². The molecule has 1 aromatic carbocycles. The van der Waals surface area contributed by atoms with Gasteiger partial charge in [-0.1, -0.05) is 29.8 Å². The maximum Gasteiger partial charge on any atom is 0.281 e. The van der Waals surface area contributed by atoms with Crippen molar-refractivity contribution in [2.24, 2.45) is 0 Å². The molecule has 0 saturated carbocycles. The molecule has 0 spiro atoms. The van der Waals surface area contributed by atoms with Crippen LogP contribution >= 0.6 is 35.2 Å². The predicted octanol–water partition coefficient (Wildman–Crippen LogP) is 3.97. The largest absolute Gasteiger partial charge is 0.327 e. The Kier molecular flexibility index (Phi) is 3.80.